The molecule has 0 aliphatic carbocycles. The molecule has 1 unspecified atom stereocenters. The third-order valence-corrected chi connectivity index (χ3v) is 7.52. The van der Waals surface area contributed by atoms with Crippen LogP contribution in [0.5, 0.6) is 0 Å². The van der Waals surface area contributed by atoms with Crippen molar-refractivity contribution in [2.75, 3.05) is 26.2 Å². The lowest BCUT2D eigenvalue weighted by atomic mass is 10.4. The summed E-state index contributed by atoms with van der Waals surface area (Å²) in [5, 5.41) is 0. The average Bonchev–Trinajstić information content (AvgIpc) is 2.65. The number of halogens is 3. The van der Waals surface area contributed by atoms with Crippen LogP contribution in [0, 0.1) is 0 Å². The monoisotopic (exact) mass is 472 g/mol. The zero-order valence-corrected chi connectivity index (χ0v) is 18.3. The van der Waals surface area contributed by atoms with Gasteiger partial charge in [-0.25, -0.2) is 0 Å². The van der Waals surface area contributed by atoms with Gasteiger partial charge in [0.1, 0.15) is 6.54 Å². The average molecular weight is 472 g/mol. The first kappa shape index (κ1) is 26.4. The smallest absolute Gasteiger partial charge is 0.465 e. The first-order valence-electron chi connectivity index (χ1n) is 8.94. The van der Waals surface area contributed by atoms with Gasteiger partial charge in [-0.2, -0.15) is 13.2 Å². The molecule has 1 aromatic carbocycles. The largest absolute Gasteiger partial charge is 0.471 e. The molecule has 13 heteroatoms. The van der Waals surface area contributed by atoms with E-state index in [2.05, 4.69) is 4.74 Å². The predicted octanol–water partition coefficient (Wildman–Crippen LogP) is 2.86. The van der Waals surface area contributed by atoms with Crippen LogP contribution in [0.2, 0.25) is 0 Å². The summed E-state index contributed by atoms with van der Waals surface area (Å²) >= 11 is 0.373. The molecule has 170 valence electrons. The Balaban J connectivity index is 3.82. The van der Waals surface area contributed by atoms with Gasteiger partial charge in [-0.3, -0.25) is 24.0 Å². The molecular weight excluding hydrogens is 448 g/mol. The molecule has 1 aromatic rings. The summed E-state index contributed by atoms with van der Waals surface area (Å²) in [7, 11) is -5.53. The summed E-state index contributed by atoms with van der Waals surface area (Å²) in [6.07, 6.45) is -5.49. The molecule has 0 spiro atoms. The van der Waals surface area contributed by atoms with Crippen LogP contribution in [-0.2, 0) is 18.9 Å². The predicted molar refractivity (Wildman–Crippen MR) is 104 cm³/mol. The van der Waals surface area contributed by atoms with Crippen LogP contribution in [0.1, 0.15) is 20.8 Å². The lowest BCUT2D eigenvalue weighted by molar-refractivity contribution is -0.192. The second-order valence-electron chi connectivity index (χ2n) is 5.90. The van der Waals surface area contributed by atoms with Crippen molar-refractivity contribution >= 4 is 31.2 Å². The number of hydrogen-bond acceptors (Lipinski definition) is 6. The lowest BCUT2D eigenvalue weighted by Crippen LogP contribution is -2.63. The van der Waals surface area contributed by atoms with Crippen LogP contribution in [0.3, 0.4) is 0 Å². The molecule has 0 aliphatic heterocycles. The van der Waals surface area contributed by atoms with Gasteiger partial charge < -0.3 is 14.5 Å². The van der Waals surface area contributed by atoms with Crippen molar-refractivity contribution in [1.82, 2.24) is 9.80 Å². The molecule has 1 atom stereocenters. The third-order valence-electron chi connectivity index (χ3n) is 3.98. The Morgan fingerprint density at radius 3 is 2.03 bits per heavy atom. The summed E-state index contributed by atoms with van der Waals surface area (Å²) in [5.41, 5.74) is 0. The molecule has 1 rings (SSSR count). The Kier molecular flexibility index (Phi) is 9.37. The standard InChI is InChI=1S/C17H24F3N2O6PS/c1-4-21(5-2)17(29(25,26)27,30-13-10-8-7-9-11-13)22(12-14(23)28-6-3)15(24)16(18,19)20/h7-11H,4-6,12H2,1-3H3,(H2,25,26,27). The zero-order chi connectivity index (χ0) is 23.2. The minimum absolute atomic E-state index is 0.119. The van der Waals surface area contributed by atoms with Gasteiger partial charge in [-0.1, -0.05) is 43.8 Å². The zero-order valence-electron chi connectivity index (χ0n) is 16.6. The molecule has 0 saturated carbocycles. The first-order valence-corrected chi connectivity index (χ1v) is 11.4. The van der Waals surface area contributed by atoms with E-state index in [1.807, 2.05) is 0 Å². The van der Waals surface area contributed by atoms with Crippen LogP contribution in [0.15, 0.2) is 35.2 Å². The van der Waals surface area contributed by atoms with Gasteiger partial charge in [0.05, 0.1) is 6.61 Å². The van der Waals surface area contributed by atoms with E-state index in [-0.39, 0.29) is 29.5 Å². The fourth-order valence-electron chi connectivity index (χ4n) is 2.77. The van der Waals surface area contributed by atoms with Crippen molar-refractivity contribution in [2.24, 2.45) is 0 Å². The molecule has 30 heavy (non-hydrogen) atoms. The fourth-order valence-corrected chi connectivity index (χ4v) is 5.94. The van der Waals surface area contributed by atoms with Crippen molar-refractivity contribution in [1.29, 1.82) is 0 Å². The number of thioether (sulfide) groups is 1. The third kappa shape index (κ3) is 5.98. The van der Waals surface area contributed by atoms with Crippen LogP contribution >= 0.6 is 19.4 Å². The van der Waals surface area contributed by atoms with E-state index in [0.29, 0.717) is 11.8 Å². The molecule has 0 aliphatic rings. The Morgan fingerprint density at radius 1 is 1.10 bits per heavy atom. The summed E-state index contributed by atoms with van der Waals surface area (Å²) in [6, 6.07) is 7.52. The van der Waals surface area contributed by atoms with Crippen molar-refractivity contribution in [3.8, 4) is 0 Å². The molecule has 0 radical (unpaired) electrons. The van der Waals surface area contributed by atoms with Crippen LogP contribution < -0.4 is 0 Å². The number of benzene rings is 1. The van der Waals surface area contributed by atoms with Gasteiger partial charge in [0.15, 0.2) is 0 Å². The number of nitrogens with zero attached hydrogens (tertiary/aromatic N) is 2. The van der Waals surface area contributed by atoms with E-state index in [4.69, 9.17) is 0 Å². The first-order chi connectivity index (χ1) is 13.8. The Labute approximate surface area is 176 Å². The fraction of sp³-hybridized carbons (Fsp3) is 0.529. The number of esters is 1. The highest BCUT2D eigenvalue weighted by molar-refractivity contribution is 8.06. The number of hydrogen-bond donors (Lipinski definition) is 2. The highest BCUT2D eigenvalue weighted by atomic mass is 32.2. The van der Waals surface area contributed by atoms with E-state index >= 15 is 0 Å². The van der Waals surface area contributed by atoms with E-state index in [9.17, 15) is 37.1 Å². The Hall–Kier alpha value is -1.59. The van der Waals surface area contributed by atoms with Crippen molar-refractivity contribution in [3.63, 3.8) is 0 Å². The Bertz CT molecular complexity index is 773. The highest BCUT2D eigenvalue weighted by Crippen LogP contribution is 2.62. The topological polar surface area (TPSA) is 107 Å². The normalized spacial score (nSPS) is 14.3. The van der Waals surface area contributed by atoms with E-state index in [1.54, 1.807) is 6.07 Å². The summed E-state index contributed by atoms with van der Waals surface area (Å²) < 4.78 is 54.9. The second kappa shape index (κ2) is 10.6. The van der Waals surface area contributed by atoms with E-state index in [0.717, 1.165) is 4.90 Å². The number of carbonyl (C=O) groups is 2. The summed E-state index contributed by atoms with van der Waals surface area (Å²) in [6.45, 7) is 2.63. The summed E-state index contributed by atoms with van der Waals surface area (Å²) in [4.78, 5) is 46.0. The van der Waals surface area contributed by atoms with Gasteiger partial charge in [0.25, 0.3) is 4.74 Å². The number of amides is 1. The van der Waals surface area contributed by atoms with Gasteiger partial charge in [0, 0.05) is 4.90 Å². The quantitative estimate of drug-likeness (QED) is 0.232. The molecule has 0 saturated heterocycles. The number of rotatable bonds is 10. The minimum atomic E-state index is -5.53. The minimum Gasteiger partial charge on any atom is -0.465 e. The second-order valence-corrected chi connectivity index (χ2v) is 9.16. The number of carbonyl (C=O) groups excluding carboxylic acids is 2. The van der Waals surface area contributed by atoms with E-state index < -0.39 is 36.9 Å². The molecule has 0 heterocycles. The molecular formula is C17H24F3N2O6PS. The maximum Gasteiger partial charge on any atom is 0.471 e. The van der Waals surface area contributed by atoms with Crippen molar-refractivity contribution in [2.45, 2.75) is 36.6 Å². The maximum atomic E-state index is 13.4. The van der Waals surface area contributed by atoms with Crippen molar-refractivity contribution < 1.29 is 41.8 Å². The molecule has 0 aromatic heterocycles. The van der Waals surface area contributed by atoms with Crippen LogP contribution in [0.25, 0.3) is 0 Å². The SMILES string of the molecule is CCOC(=O)CN(C(=O)C(F)(F)F)C(Sc1ccccc1)(N(CC)CC)P(=O)(O)O. The molecule has 0 bridgehead atoms. The molecule has 1 amide bonds. The van der Waals surface area contributed by atoms with Gasteiger partial charge in [-0.05, 0) is 32.1 Å². The lowest BCUT2D eigenvalue weighted by Gasteiger charge is -2.48. The summed E-state index contributed by atoms with van der Waals surface area (Å²) in [5.74, 6) is -3.79. The van der Waals surface area contributed by atoms with Gasteiger partial charge in [0.2, 0.25) is 0 Å². The Morgan fingerprint density at radius 2 is 1.63 bits per heavy atom. The maximum absolute atomic E-state index is 13.4. The van der Waals surface area contributed by atoms with Gasteiger partial charge >= 0.3 is 25.6 Å². The number of ether oxygens (including phenoxy) is 1. The highest BCUT2D eigenvalue weighted by Gasteiger charge is 2.62. The molecule has 2 N–H and O–H groups in total. The number of alkyl halides is 3. The van der Waals surface area contributed by atoms with Crippen LogP contribution in [-0.4, -0.2) is 68.6 Å². The van der Waals surface area contributed by atoms with Gasteiger partial charge in [-0.15, -0.1) is 0 Å². The van der Waals surface area contributed by atoms with Crippen LogP contribution in [0.4, 0.5) is 13.2 Å². The molecule has 8 nitrogen and oxygen atoms in total. The van der Waals surface area contributed by atoms with E-state index in [1.165, 1.54) is 45.0 Å². The molecule has 0 fully saturated rings. The van der Waals surface area contributed by atoms with Crippen molar-refractivity contribution in [3.05, 3.63) is 30.3 Å².